The Morgan fingerprint density at radius 2 is 1.85 bits per heavy atom. The fourth-order valence-electron chi connectivity index (χ4n) is 2.63. The van der Waals surface area contributed by atoms with Gasteiger partial charge >= 0.3 is 0 Å². The molecule has 0 bridgehead atoms. The van der Waals surface area contributed by atoms with Crippen molar-refractivity contribution in [1.82, 2.24) is 0 Å². The van der Waals surface area contributed by atoms with E-state index in [4.69, 9.17) is 0 Å². The quantitative estimate of drug-likeness (QED) is 0.547. The molecule has 1 nitrogen and oxygen atoms in total. The summed E-state index contributed by atoms with van der Waals surface area (Å²) < 4.78 is 1.36. The fraction of sp³-hybridized carbons (Fsp3) is 0.0625. The number of benzene rings is 2. The van der Waals surface area contributed by atoms with Gasteiger partial charge in [-0.05, 0) is 11.8 Å². The second-order valence-corrected chi connectivity index (χ2v) is 6.34. The van der Waals surface area contributed by atoms with E-state index in [0.29, 0.717) is 0 Å². The summed E-state index contributed by atoms with van der Waals surface area (Å²) in [6.45, 7) is 0. The van der Waals surface area contributed by atoms with Crippen molar-refractivity contribution in [3.63, 3.8) is 0 Å². The van der Waals surface area contributed by atoms with Crippen LogP contribution in [0.15, 0.2) is 46.7 Å². The van der Waals surface area contributed by atoms with Crippen LogP contribution in [0.2, 0.25) is 0 Å². The zero-order valence-corrected chi connectivity index (χ0v) is 14.7. The summed E-state index contributed by atoms with van der Waals surface area (Å²) in [5.74, 6) is 2.19. The smallest absolute Gasteiger partial charge is 0.0352 e. The first kappa shape index (κ1) is 14.3. The molecule has 20 heavy (non-hydrogen) atoms. The van der Waals surface area contributed by atoms with Gasteiger partial charge in [0.2, 0.25) is 0 Å². The second kappa shape index (κ2) is 5.61. The minimum atomic E-state index is 0. The molecule has 4 rings (SSSR count). The van der Waals surface area contributed by atoms with Crippen molar-refractivity contribution >= 4 is 34.9 Å². The number of fused-ring (bicyclic) bond motifs is 6. The molecule has 0 aliphatic carbocycles. The molecule has 0 saturated carbocycles. The van der Waals surface area contributed by atoms with Gasteiger partial charge in [0.05, 0.1) is 0 Å². The topological polar surface area (TPSA) is 3.24 Å². The molecule has 2 aromatic rings. The third-order valence-electron chi connectivity index (χ3n) is 3.43. The van der Waals surface area contributed by atoms with Crippen molar-refractivity contribution in [3.8, 4) is 11.1 Å². The van der Waals surface area contributed by atoms with Crippen molar-refractivity contribution in [2.24, 2.45) is 0 Å². The normalized spacial score (nSPS) is 15.3. The monoisotopic (exact) mass is 474 g/mol. The van der Waals surface area contributed by atoms with Crippen molar-refractivity contribution < 1.29 is 20.1 Å². The molecule has 0 N–H and O–H groups in total. The molecule has 0 fully saturated rings. The first-order valence-electron chi connectivity index (χ1n) is 6.08. The molecule has 103 valence electrons. The van der Waals surface area contributed by atoms with Crippen LogP contribution in [0, 0.1) is 11.9 Å². The van der Waals surface area contributed by atoms with Crippen LogP contribution in [0.3, 0.4) is 0 Å². The van der Waals surface area contributed by atoms with Gasteiger partial charge in [0.15, 0.2) is 0 Å². The Bertz CT molecular complexity index is 696. The van der Waals surface area contributed by atoms with Gasteiger partial charge in [-0.25, -0.2) is 0 Å². The molecule has 0 atom stereocenters. The molecule has 0 spiro atoms. The summed E-state index contributed by atoms with van der Waals surface area (Å²) in [5, 5.41) is 0. The van der Waals surface area contributed by atoms with Crippen LogP contribution in [0.1, 0.15) is 5.56 Å². The second-order valence-electron chi connectivity index (χ2n) is 4.41. The van der Waals surface area contributed by atoms with Crippen molar-refractivity contribution in [2.75, 3.05) is 11.2 Å². The van der Waals surface area contributed by atoms with Crippen LogP contribution in [-0.2, 0) is 20.1 Å². The number of para-hydroxylation sites is 1. The van der Waals surface area contributed by atoms with Gasteiger partial charge in [-0.15, -0.1) is 17.3 Å². The molecular formula is C16H11IrNS2-2. The Labute approximate surface area is 141 Å². The maximum absolute atomic E-state index is 3.38. The van der Waals surface area contributed by atoms with E-state index in [9.17, 15) is 0 Å². The summed E-state index contributed by atoms with van der Waals surface area (Å²) in [6, 6.07) is 18.2. The maximum Gasteiger partial charge on any atom is 0.0352 e. The molecule has 2 aliphatic heterocycles. The average Bonchev–Trinajstić information content (AvgIpc) is 2.92. The summed E-state index contributed by atoms with van der Waals surface area (Å²) in [5.41, 5.74) is 6.36. The molecule has 0 amide bonds. The van der Waals surface area contributed by atoms with Crippen LogP contribution >= 0.6 is 23.5 Å². The van der Waals surface area contributed by atoms with Gasteiger partial charge in [-0.3, -0.25) is 11.8 Å². The van der Waals surface area contributed by atoms with Crippen LogP contribution in [0.25, 0.3) is 16.8 Å². The summed E-state index contributed by atoms with van der Waals surface area (Å²) in [6.07, 6.45) is 2.14. The first-order chi connectivity index (χ1) is 9.40. The fourth-order valence-corrected chi connectivity index (χ4v) is 4.27. The molecule has 0 aromatic heterocycles. The Kier molecular flexibility index (Phi) is 4.00. The van der Waals surface area contributed by atoms with Gasteiger partial charge in [-0.2, -0.15) is 30.1 Å². The molecule has 0 unspecified atom stereocenters. The van der Waals surface area contributed by atoms with Gasteiger partial charge in [0.1, 0.15) is 0 Å². The standard InChI is InChI=1S/C16H11NS2.Ir/c1-18-16-15-13-8-3-2-6-11(13)12-7-4-5-9-14(12)17(15)10-19-16;/h2-8,10H,1H3;/q-2;. The van der Waals surface area contributed by atoms with Crippen molar-refractivity contribution in [1.29, 1.82) is 0 Å². The van der Waals surface area contributed by atoms with E-state index in [1.165, 1.54) is 26.6 Å². The minimum absolute atomic E-state index is 0. The van der Waals surface area contributed by atoms with Crippen LogP contribution < -0.4 is 4.90 Å². The van der Waals surface area contributed by atoms with Gasteiger partial charge in [0.25, 0.3) is 0 Å². The van der Waals surface area contributed by atoms with E-state index < -0.39 is 0 Å². The maximum atomic E-state index is 3.38. The Morgan fingerprint density at radius 1 is 1.10 bits per heavy atom. The Morgan fingerprint density at radius 3 is 2.65 bits per heavy atom. The van der Waals surface area contributed by atoms with Gasteiger partial charge in [-0.1, -0.05) is 35.5 Å². The molecule has 1 radical (unpaired) electrons. The minimum Gasteiger partial charge on any atom is -0.502 e. The SMILES string of the molecule is CSC1=C2c3ccccc3-c3ccc[c-]c3N2[CH-]S1.[Ir]. The number of hydrogen-bond acceptors (Lipinski definition) is 3. The average molecular weight is 474 g/mol. The largest absolute Gasteiger partial charge is 0.502 e. The van der Waals surface area contributed by atoms with E-state index in [0.717, 1.165) is 5.69 Å². The van der Waals surface area contributed by atoms with E-state index >= 15 is 0 Å². The van der Waals surface area contributed by atoms with Crippen molar-refractivity contribution in [2.45, 2.75) is 0 Å². The Balaban J connectivity index is 0.00000121. The van der Waals surface area contributed by atoms with Crippen molar-refractivity contribution in [3.05, 3.63) is 64.2 Å². The molecule has 2 aromatic carbocycles. The third kappa shape index (κ3) is 1.98. The van der Waals surface area contributed by atoms with Crippen LogP contribution in [-0.4, -0.2) is 6.26 Å². The van der Waals surface area contributed by atoms with E-state index in [1.807, 2.05) is 17.8 Å². The molecule has 2 aliphatic rings. The zero-order valence-electron chi connectivity index (χ0n) is 10.7. The predicted molar refractivity (Wildman–Crippen MR) is 85.5 cm³/mol. The summed E-state index contributed by atoms with van der Waals surface area (Å²) in [4.78, 5) is 2.27. The number of rotatable bonds is 1. The number of hydrogen-bond donors (Lipinski definition) is 0. The van der Waals surface area contributed by atoms with Gasteiger partial charge in [0, 0.05) is 30.0 Å². The van der Waals surface area contributed by atoms with E-state index in [-0.39, 0.29) is 20.1 Å². The number of anilines is 1. The molecular weight excluding hydrogens is 463 g/mol. The number of thioether (sulfide) groups is 2. The van der Waals surface area contributed by atoms with E-state index in [2.05, 4.69) is 59.5 Å². The van der Waals surface area contributed by atoms with Gasteiger partial charge < -0.3 is 4.90 Å². The predicted octanol–water partition coefficient (Wildman–Crippen LogP) is 4.83. The third-order valence-corrected chi connectivity index (χ3v) is 5.51. The summed E-state index contributed by atoms with van der Waals surface area (Å²) in [7, 11) is 0. The first-order valence-corrected chi connectivity index (χ1v) is 8.18. The zero-order chi connectivity index (χ0) is 12.8. The Hall–Kier alpha value is -0.671. The van der Waals surface area contributed by atoms with E-state index in [1.54, 1.807) is 11.8 Å². The molecule has 0 saturated heterocycles. The van der Waals surface area contributed by atoms with Crippen LogP contribution in [0.5, 0.6) is 0 Å². The molecule has 4 heteroatoms. The molecule has 2 heterocycles. The number of nitrogens with zero attached hydrogens (tertiary/aromatic N) is 1. The van der Waals surface area contributed by atoms with Crippen LogP contribution in [0.4, 0.5) is 5.69 Å². The summed E-state index contributed by atoms with van der Waals surface area (Å²) >= 11 is 3.61.